The Morgan fingerprint density at radius 3 is 1.00 bits per heavy atom. The van der Waals surface area contributed by atoms with E-state index in [1.54, 1.807) is 0 Å². The van der Waals surface area contributed by atoms with Crippen LogP contribution in [0.3, 0.4) is 0 Å². The normalized spacial score (nSPS) is 0. The smallest absolute Gasteiger partial charge is 0 e. The van der Waals surface area contributed by atoms with Crippen LogP contribution in [0.5, 0.6) is 0 Å². The maximum absolute atomic E-state index is 0. The standard InChI is InChI=1S/Ag.Al.Cu.La.Li.Sn. The average Bonchev–Trinajstić information content (AvgIpc) is 0. The molecule has 0 fully saturated rings. The Morgan fingerprint density at radius 1 is 1.00 bits per heavy atom. The van der Waals surface area contributed by atoms with Crippen LogP contribution in [0.15, 0.2) is 0 Å². The molecular formula is AgAlCuLaLiSn. The molecule has 6 heavy (non-hydrogen) atoms. The molecule has 0 unspecified atom stereocenters. The van der Waals surface area contributed by atoms with Gasteiger partial charge in [0.25, 0.3) is 0 Å². The van der Waals surface area contributed by atoms with E-state index in [1.807, 2.05) is 0 Å². The van der Waals surface area contributed by atoms with E-state index < -0.39 is 0 Å². The van der Waals surface area contributed by atoms with Gasteiger partial charge in [0.15, 0.2) is 0 Å². The zero-order chi connectivity index (χ0) is 0. The molecule has 0 bridgehead atoms. The molecule has 0 saturated heterocycles. The topological polar surface area (TPSA) is 0 Å². The summed E-state index contributed by atoms with van der Waals surface area (Å²) in [4.78, 5) is 0. The molecule has 0 N–H and O–H groups in total. The largest absolute Gasteiger partial charge is 0 e. The molecule has 0 aliphatic rings. The Morgan fingerprint density at radius 2 is 1.00 bits per heavy atom. The summed E-state index contributed by atoms with van der Waals surface area (Å²) in [6, 6.07) is 0. The molecule has 0 saturated carbocycles. The molecule has 6 heteroatoms. The number of rotatable bonds is 0. The van der Waals surface area contributed by atoms with Crippen LogP contribution < -0.4 is 0 Å². The van der Waals surface area contributed by atoms with Crippen molar-refractivity contribution in [3.63, 3.8) is 0 Å². The van der Waals surface area contributed by atoms with Crippen molar-refractivity contribution in [1.82, 2.24) is 0 Å². The molecule has 0 nitrogen and oxygen atoms in total. The molecule has 0 aliphatic heterocycles. The quantitative estimate of drug-likeness (QED) is 0.399. The molecule has 0 aliphatic carbocycles. The van der Waals surface area contributed by atoms with E-state index in [1.165, 1.54) is 0 Å². The summed E-state index contributed by atoms with van der Waals surface area (Å²) >= 11 is 0. The van der Waals surface area contributed by atoms with Gasteiger partial charge in [-0.25, -0.2) is 0 Å². The van der Waals surface area contributed by atoms with E-state index in [2.05, 4.69) is 0 Å². The second-order valence-electron chi connectivity index (χ2n) is 0. The van der Waals surface area contributed by atoms with Crippen LogP contribution in [-0.2, 0) is 39.4 Å². The van der Waals surface area contributed by atoms with E-state index in [-0.39, 0.29) is 135 Å². The molecule has 0 aromatic heterocycles. The Labute approximate surface area is 132 Å². The van der Waals surface area contributed by atoms with E-state index in [4.69, 9.17) is 0 Å². The zero-order valence-corrected chi connectivity index (χ0v) is 13.3. The van der Waals surface area contributed by atoms with Crippen molar-refractivity contribution in [3.8, 4) is 0 Å². The molecule has 0 aromatic carbocycles. The monoisotopic (exact) mass is 463 g/mol. The van der Waals surface area contributed by atoms with Gasteiger partial charge in [0.2, 0.25) is 0 Å². The Bertz CT molecular complexity index is 15.5. The third kappa shape index (κ3) is 23.8. The summed E-state index contributed by atoms with van der Waals surface area (Å²) in [5.41, 5.74) is 0. The first-order valence-electron chi connectivity index (χ1n) is 0. The van der Waals surface area contributed by atoms with Crippen molar-refractivity contribution in [2.75, 3.05) is 0 Å². The van der Waals surface area contributed by atoms with Crippen molar-refractivity contribution in [3.05, 3.63) is 0 Å². The zero-order valence-electron chi connectivity index (χ0n) is 3.26. The van der Waals surface area contributed by atoms with Gasteiger partial charge in [-0.3, -0.25) is 0 Å². The van der Waals surface area contributed by atoms with Crippen LogP contribution in [-0.4, -0.2) is 60.1 Å². The van der Waals surface area contributed by atoms with Crippen LogP contribution in [0.4, 0.5) is 0 Å². The Kier molecular flexibility index (Phi) is 272. The van der Waals surface area contributed by atoms with Crippen LogP contribution in [0.1, 0.15) is 0 Å². The summed E-state index contributed by atoms with van der Waals surface area (Å²) in [6.45, 7) is 0. The first kappa shape index (κ1) is 47.6. The third-order valence-corrected chi connectivity index (χ3v) is 0. The maximum atomic E-state index is 0. The van der Waals surface area contributed by atoms with Crippen molar-refractivity contribution in [1.29, 1.82) is 0 Å². The summed E-state index contributed by atoms with van der Waals surface area (Å²) < 4.78 is 0. The van der Waals surface area contributed by atoms with Gasteiger partial charge >= 0.3 is 0 Å². The minimum Gasteiger partial charge on any atom is 0 e. The fourth-order valence-corrected chi connectivity index (χ4v) is 0. The fourth-order valence-electron chi connectivity index (χ4n) is 0. The van der Waals surface area contributed by atoms with Gasteiger partial charge < -0.3 is 0 Å². The molecule has 0 aromatic rings. The van der Waals surface area contributed by atoms with Gasteiger partial charge in [-0.2, -0.15) is 0 Å². The SMILES string of the molecule is [Ag].[Al].[Cu].[La].[Li].[Sn]. The molecule has 33 valence electrons. The average molecular weight is 463 g/mol. The maximum Gasteiger partial charge on any atom is 0 e. The predicted molar refractivity (Wildman–Crippen MR) is 17.3 cm³/mol. The second kappa shape index (κ2) is 34.3. The predicted octanol–water partition coefficient (Wildman–Crippen LogP) is -1.15. The van der Waals surface area contributed by atoms with E-state index in [9.17, 15) is 0 Å². The van der Waals surface area contributed by atoms with Gasteiger partial charge in [-0.15, -0.1) is 0 Å². The number of hydrogen-bond acceptors (Lipinski definition) is 0. The van der Waals surface area contributed by atoms with Crippen molar-refractivity contribution < 1.29 is 75.0 Å². The summed E-state index contributed by atoms with van der Waals surface area (Å²) in [5.74, 6) is 0. The molecule has 0 amide bonds. The van der Waals surface area contributed by atoms with Crippen LogP contribution in [0.2, 0.25) is 0 Å². The Hall–Kier alpha value is 4.38. The second-order valence-corrected chi connectivity index (χ2v) is 0. The molecule has 0 atom stereocenters. The minimum atomic E-state index is 0. The molecule has 0 heterocycles. The van der Waals surface area contributed by atoms with Gasteiger partial charge in [-0.05, 0) is 0 Å². The summed E-state index contributed by atoms with van der Waals surface area (Å²) in [7, 11) is 0. The molecular weight excluding hydrogens is 463 g/mol. The van der Waals surface area contributed by atoms with E-state index in [0.717, 1.165) is 0 Å². The Balaban J connectivity index is 0. The van der Waals surface area contributed by atoms with Gasteiger partial charge in [0, 0.05) is 135 Å². The van der Waals surface area contributed by atoms with Crippen molar-refractivity contribution >= 4 is 60.1 Å². The molecule has 0 spiro atoms. The van der Waals surface area contributed by atoms with Crippen molar-refractivity contribution in [2.45, 2.75) is 0 Å². The molecule has 0 rings (SSSR count). The minimum absolute atomic E-state index is 0. The van der Waals surface area contributed by atoms with E-state index >= 15 is 0 Å². The van der Waals surface area contributed by atoms with Crippen molar-refractivity contribution in [2.24, 2.45) is 0 Å². The first-order valence-corrected chi connectivity index (χ1v) is 0. The molecule has 11 radical (unpaired) electrons. The fraction of sp³-hybridized carbons (Fsp3) is 0. The van der Waals surface area contributed by atoms with Crippen LogP contribution in [0, 0.1) is 35.6 Å². The van der Waals surface area contributed by atoms with Gasteiger partial charge in [0.05, 0.1) is 0 Å². The first-order chi connectivity index (χ1) is 0. The van der Waals surface area contributed by atoms with Crippen LogP contribution in [0.25, 0.3) is 0 Å². The van der Waals surface area contributed by atoms with E-state index in [0.29, 0.717) is 0 Å². The van der Waals surface area contributed by atoms with Gasteiger partial charge in [0.1, 0.15) is 0 Å². The summed E-state index contributed by atoms with van der Waals surface area (Å²) in [5, 5.41) is 0. The summed E-state index contributed by atoms with van der Waals surface area (Å²) in [6.07, 6.45) is 0. The van der Waals surface area contributed by atoms with Crippen LogP contribution >= 0.6 is 0 Å². The number of hydrogen-bond donors (Lipinski definition) is 0. The third-order valence-electron chi connectivity index (χ3n) is 0. The van der Waals surface area contributed by atoms with Gasteiger partial charge in [-0.1, -0.05) is 0 Å².